The highest BCUT2D eigenvalue weighted by Crippen LogP contribution is 2.16. The lowest BCUT2D eigenvalue weighted by atomic mass is 9.95. The molecule has 3 N–H and O–H groups in total. The third-order valence-electron chi connectivity index (χ3n) is 2.62. The maximum Gasteiger partial charge on any atom is 0.0914 e. The zero-order valence-electron chi connectivity index (χ0n) is 10.3. The third-order valence-corrected chi connectivity index (χ3v) is 2.88. The van der Waals surface area contributed by atoms with Crippen molar-refractivity contribution in [2.24, 2.45) is 5.41 Å². The Morgan fingerprint density at radius 1 is 1.29 bits per heavy atom. The number of aliphatic hydroxyl groups is 2. The number of rotatable bonds is 6. The summed E-state index contributed by atoms with van der Waals surface area (Å²) in [7, 11) is 0. The summed E-state index contributed by atoms with van der Waals surface area (Å²) in [6.07, 6.45) is -0.554. The molecule has 0 radical (unpaired) electrons. The Morgan fingerprint density at radius 2 is 1.88 bits per heavy atom. The lowest BCUT2D eigenvalue weighted by Gasteiger charge is -2.23. The van der Waals surface area contributed by atoms with Gasteiger partial charge < -0.3 is 15.5 Å². The van der Waals surface area contributed by atoms with E-state index in [1.54, 1.807) is 12.1 Å². The molecule has 0 spiro atoms. The summed E-state index contributed by atoms with van der Waals surface area (Å²) in [5.74, 6) is 0. The SMILES string of the molecule is CC(C)(CO)CNCC(O)c1ccc(Cl)cc1. The fourth-order valence-corrected chi connectivity index (χ4v) is 1.53. The van der Waals surface area contributed by atoms with E-state index in [-0.39, 0.29) is 12.0 Å². The molecule has 1 aromatic rings. The summed E-state index contributed by atoms with van der Waals surface area (Å²) in [6, 6.07) is 7.15. The topological polar surface area (TPSA) is 52.5 Å². The van der Waals surface area contributed by atoms with Crippen molar-refractivity contribution in [3.63, 3.8) is 0 Å². The van der Waals surface area contributed by atoms with Gasteiger partial charge >= 0.3 is 0 Å². The fourth-order valence-electron chi connectivity index (χ4n) is 1.41. The van der Waals surface area contributed by atoms with Gasteiger partial charge in [-0.05, 0) is 17.7 Å². The van der Waals surface area contributed by atoms with E-state index in [0.717, 1.165) is 5.56 Å². The van der Waals surface area contributed by atoms with E-state index in [4.69, 9.17) is 16.7 Å². The van der Waals surface area contributed by atoms with Crippen LogP contribution < -0.4 is 5.32 Å². The molecule has 0 aliphatic rings. The number of halogens is 1. The summed E-state index contributed by atoms with van der Waals surface area (Å²) >= 11 is 5.77. The minimum atomic E-state index is -0.554. The first-order chi connectivity index (χ1) is 7.94. The molecule has 0 fully saturated rings. The number of aliphatic hydroxyl groups excluding tert-OH is 2. The predicted octanol–water partition coefficient (Wildman–Crippen LogP) is 1.98. The molecule has 3 nitrogen and oxygen atoms in total. The van der Waals surface area contributed by atoms with Crippen LogP contribution in [0.2, 0.25) is 5.02 Å². The molecule has 17 heavy (non-hydrogen) atoms. The van der Waals surface area contributed by atoms with Gasteiger partial charge in [0.25, 0.3) is 0 Å². The van der Waals surface area contributed by atoms with Gasteiger partial charge in [0, 0.05) is 30.1 Å². The number of nitrogens with one attached hydrogen (secondary N) is 1. The van der Waals surface area contributed by atoms with Crippen LogP contribution in [-0.4, -0.2) is 29.9 Å². The van der Waals surface area contributed by atoms with Crippen LogP contribution in [0.25, 0.3) is 0 Å². The minimum absolute atomic E-state index is 0.122. The van der Waals surface area contributed by atoms with Gasteiger partial charge in [0.1, 0.15) is 0 Å². The molecule has 0 aliphatic heterocycles. The van der Waals surface area contributed by atoms with Crippen molar-refractivity contribution >= 4 is 11.6 Å². The zero-order chi connectivity index (χ0) is 12.9. The van der Waals surface area contributed by atoms with Crippen LogP contribution in [0, 0.1) is 5.41 Å². The lowest BCUT2D eigenvalue weighted by Crippen LogP contribution is -2.34. The van der Waals surface area contributed by atoms with Crippen molar-refractivity contribution in [1.29, 1.82) is 0 Å². The molecule has 1 atom stereocenters. The Hall–Kier alpha value is -0.610. The van der Waals surface area contributed by atoms with E-state index in [9.17, 15) is 5.11 Å². The summed E-state index contributed by atoms with van der Waals surface area (Å²) < 4.78 is 0. The van der Waals surface area contributed by atoms with Crippen LogP contribution in [0.3, 0.4) is 0 Å². The van der Waals surface area contributed by atoms with Crippen molar-refractivity contribution in [3.05, 3.63) is 34.9 Å². The second kappa shape index (κ2) is 6.36. The number of hydrogen-bond donors (Lipinski definition) is 3. The summed E-state index contributed by atoms with van der Waals surface area (Å²) in [5, 5.41) is 22.8. The van der Waals surface area contributed by atoms with Crippen LogP contribution in [0.5, 0.6) is 0 Å². The zero-order valence-corrected chi connectivity index (χ0v) is 11.0. The average Bonchev–Trinajstić information content (AvgIpc) is 2.29. The van der Waals surface area contributed by atoms with Crippen LogP contribution in [0.4, 0.5) is 0 Å². The first-order valence-corrected chi connectivity index (χ1v) is 6.07. The maximum atomic E-state index is 9.91. The molecule has 4 heteroatoms. The van der Waals surface area contributed by atoms with Crippen LogP contribution in [0.1, 0.15) is 25.5 Å². The molecule has 1 unspecified atom stereocenters. The van der Waals surface area contributed by atoms with Crippen molar-refractivity contribution in [3.8, 4) is 0 Å². The quantitative estimate of drug-likeness (QED) is 0.731. The first-order valence-electron chi connectivity index (χ1n) is 5.70. The molecule has 1 aromatic carbocycles. The summed E-state index contributed by atoms with van der Waals surface area (Å²) in [5.41, 5.74) is 0.670. The highest BCUT2D eigenvalue weighted by atomic mass is 35.5. The maximum absolute atomic E-state index is 9.91. The van der Waals surface area contributed by atoms with Gasteiger partial charge in [-0.1, -0.05) is 37.6 Å². The van der Waals surface area contributed by atoms with Gasteiger partial charge in [0.05, 0.1) is 6.10 Å². The van der Waals surface area contributed by atoms with Crippen molar-refractivity contribution in [2.75, 3.05) is 19.7 Å². The number of hydrogen-bond acceptors (Lipinski definition) is 3. The second-order valence-corrected chi connectivity index (χ2v) is 5.46. The molecule has 0 amide bonds. The van der Waals surface area contributed by atoms with Crippen molar-refractivity contribution < 1.29 is 10.2 Å². The molecule has 1 rings (SSSR count). The minimum Gasteiger partial charge on any atom is -0.396 e. The monoisotopic (exact) mass is 257 g/mol. The normalized spacial score (nSPS) is 13.7. The first kappa shape index (κ1) is 14.5. The largest absolute Gasteiger partial charge is 0.396 e. The molecule has 0 heterocycles. The molecule has 0 bridgehead atoms. The standard InChI is InChI=1S/C13H20ClNO2/c1-13(2,9-16)8-15-7-12(17)10-3-5-11(14)6-4-10/h3-6,12,15-17H,7-9H2,1-2H3. The summed E-state index contributed by atoms with van der Waals surface area (Å²) in [6.45, 7) is 5.18. The van der Waals surface area contributed by atoms with Crippen LogP contribution >= 0.6 is 11.6 Å². The predicted molar refractivity (Wildman–Crippen MR) is 70.1 cm³/mol. The van der Waals surface area contributed by atoms with Gasteiger partial charge in [-0.2, -0.15) is 0 Å². The van der Waals surface area contributed by atoms with Gasteiger partial charge in [0.15, 0.2) is 0 Å². The molecule has 0 saturated carbocycles. The van der Waals surface area contributed by atoms with Gasteiger partial charge in [-0.3, -0.25) is 0 Å². The van der Waals surface area contributed by atoms with E-state index in [1.165, 1.54) is 0 Å². The smallest absolute Gasteiger partial charge is 0.0914 e. The summed E-state index contributed by atoms with van der Waals surface area (Å²) in [4.78, 5) is 0. The van der Waals surface area contributed by atoms with Crippen LogP contribution in [-0.2, 0) is 0 Å². The highest BCUT2D eigenvalue weighted by Gasteiger charge is 2.16. The van der Waals surface area contributed by atoms with E-state index < -0.39 is 6.10 Å². The molecular weight excluding hydrogens is 238 g/mol. The van der Waals surface area contributed by atoms with E-state index in [1.807, 2.05) is 26.0 Å². The molecule has 0 aliphatic carbocycles. The molecule has 0 aromatic heterocycles. The van der Waals surface area contributed by atoms with Crippen molar-refractivity contribution in [2.45, 2.75) is 20.0 Å². The van der Waals surface area contributed by atoms with E-state index in [0.29, 0.717) is 18.1 Å². The Bertz CT molecular complexity index is 338. The van der Waals surface area contributed by atoms with E-state index in [2.05, 4.69) is 5.32 Å². The third kappa shape index (κ3) is 5.04. The Morgan fingerprint density at radius 3 is 2.41 bits per heavy atom. The number of benzene rings is 1. The molecule has 96 valence electrons. The fraction of sp³-hybridized carbons (Fsp3) is 0.538. The lowest BCUT2D eigenvalue weighted by molar-refractivity contribution is 0.138. The van der Waals surface area contributed by atoms with Gasteiger partial charge in [-0.15, -0.1) is 0 Å². The van der Waals surface area contributed by atoms with Gasteiger partial charge in [-0.25, -0.2) is 0 Å². The second-order valence-electron chi connectivity index (χ2n) is 5.02. The van der Waals surface area contributed by atoms with Gasteiger partial charge in [0.2, 0.25) is 0 Å². The van der Waals surface area contributed by atoms with E-state index >= 15 is 0 Å². The molecular formula is C13H20ClNO2. The van der Waals surface area contributed by atoms with Crippen molar-refractivity contribution in [1.82, 2.24) is 5.32 Å². The van der Waals surface area contributed by atoms with Crippen LogP contribution in [0.15, 0.2) is 24.3 Å². The molecule has 0 saturated heterocycles. The Labute approximate surface area is 107 Å². The Balaban J connectivity index is 2.40. The highest BCUT2D eigenvalue weighted by molar-refractivity contribution is 6.30. The Kier molecular flexibility index (Phi) is 5.40. The average molecular weight is 258 g/mol.